The van der Waals surface area contributed by atoms with Crippen LogP contribution in [0.2, 0.25) is 5.02 Å². The quantitative estimate of drug-likeness (QED) is 0.564. The van der Waals surface area contributed by atoms with E-state index in [2.05, 4.69) is 6.07 Å². The smallest absolute Gasteiger partial charge is 0.150 e. The van der Waals surface area contributed by atoms with Crippen molar-refractivity contribution in [2.45, 2.75) is 19.3 Å². The summed E-state index contributed by atoms with van der Waals surface area (Å²) in [7, 11) is 0. The Labute approximate surface area is 99.6 Å². The number of carbonyl (C=O) groups excluding carboxylic acids is 1. The highest BCUT2D eigenvalue weighted by Crippen LogP contribution is 2.25. The van der Waals surface area contributed by atoms with Crippen molar-refractivity contribution in [3.8, 4) is 11.8 Å². The molecule has 1 aromatic carbocycles. The average Bonchev–Trinajstić information content (AvgIpc) is 2.30. The van der Waals surface area contributed by atoms with Crippen LogP contribution in [-0.2, 0) is 0 Å². The van der Waals surface area contributed by atoms with E-state index in [1.165, 1.54) is 0 Å². The molecule has 0 aliphatic heterocycles. The molecule has 0 aliphatic carbocycles. The molecule has 0 aliphatic rings. The molecule has 0 amide bonds. The first-order chi connectivity index (χ1) is 7.77. The first-order valence-corrected chi connectivity index (χ1v) is 5.40. The fourth-order valence-corrected chi connectivity index (χ4v) is 1.44. The van der Waals surface area contributed by atoms with Crippen molar-refractivity contribution in [2.75, 3.05) is 6.61 Å². The van der Waals surface area contributed by atoms with Crippen LogP contribution in [0.5, 0.6) is 5.75 Å². The minimum absolute atomic E-state index is 0.435. The highest BCUT2D eigenvalue weighted by atomic mass is 35.5. The fraction of sp³-hybridized carbons (Fsp3) is 0.333. The van der Waals surface area contributed by atoms with E-state index in [9.17, 15) is 4.79 Å². The van der Waals surface area contributed by atoms with E-state index in [4.69, 9.17) is 21.6 Å². The second-order valence-corrected chi connectivity index (χ2v) is 3.68. The van der Waals surface area contributed by atoms with Crippen LogP contribution in [0, 0.1) is 11.3 Å². The van der Waals surface area contributed by atoms with Crippen molar-refractivity contribution >= 4 is 17.9 Å². The number of unbranched alkanes of at least 4 members (excludes halogenated alkanes) is 2. The second kappa shape index (κ2) is 6.86. The van der Waals surface area contributed by atoms with Gasteiger partial charge >= 0.3 is 0 Å². The number of hydrogen-bond donors (Lipinski definition) is 0. The Hall–Kier alpha value is -1.53. The van der Waals surface area contributed by atoms with Gasteiger partial charge in [0.05, 0.1) is 17.7 Å². The van der Waals surface area contributed by atoms with Crippen LogP contribution in [0.15, 0.2) is 18.2 Å². The molecule has 1 aromatic rings. The molecule has 0 N–H and O–H groups in total. The number of aldehydes is 1. The van der Waals surface area contributed by atoms with Crippen LogP contribution in [0.4, 0.5) is 0 Å². The molecule has 0 fully saturated rings. The second-order valence-electron chi connectivity index (χ2n) is 3.27. The number of nitriles is 1. The predicted molar refractivity (Wildman–Crippen MR) is 61.8 cm³/mol. The third-order valence-electron chi connectivity index (χ3n) is 2.03. The summed E-state index contributed by atoms with van der Waals surface area (Å²) in [5.41, 5.74) is 0.529. The summed E-state index contributed by atoms with van der Waals surface area (Å²) in [6.45, 7) is 0.530. The van der Waals surface area contributed by atoms with Gasteiger partial charge in [-0.2, -0.15) is 5.26 Å². The molecule has 0 radical (unpaired) electrons. The Balaban J connectivity index is 2.42. The van der Waals surface area contributed by atoms with Crippen LogP contribution >= 0.6 is 11.6 Å². The molecule has 16 heavy (non-hydrogen) atoms. The summed E-state index contributed by atoms with van der Waals surface area (Å²) < 4.78 is 5.43. The summed E-state index contributed by atoms with van der Waals surface area (Å²) in [5, 5.41) is 8.77. The number of nitrogens with zero attached hydrogens (tertiary/aromatic N) is 1. The molecule has 4 heteroatoms. The third kappa shape index (κ3) is 3.92. The SMILES string of the molecule is N#CCCCCOc1ccc(C=O)cc1Cl. The molecule has 0 unspecified atom stereocenters. The standard InChI is InChI=1S/C12H12ClNO2/c13-11-8-10(9-15)4-5-12(11)16-7-3-1-2-6-14/h4-5,8-9H,1-3,7H2. The summed E-state index contributed by atoms with van der Waals surface area (Å²) in [5.74, 6) is 0.573. The van der Waals surface area contributed by atoms with Crippen LogP contribution in [0.3, 0.4) is 0 Å². The Bertz CT molecular complexity index is 398. The van der Waals surface area contributed by atoms with Gasteiger partial charge in [-0.15, -0.1) is 0 Å². The van der Waals surface area contributed by atoms with Gasteiger partial charge in [0.2, 0.25) is 0 Å². The summed E-state index contributed by atoms with van der Waals surface area (Å²) >= 11 is 5.91. The first-order valence-electron chi connectivity index (χ1n) is 5.02. The van der Waals surface area contributed by atoms with E-state index in [0.717, 1.165) is 19.1 Å². The minimum atomic E-state index is 0.435. The van der Waals surface area contributed by atoms with E-state index in [0.29, 0.717) is 29.4 Å². The number of ether oxygens (including phenoxy) is 1. The Morgan fingerprint density at radius 3 is 2.88 bits per heavy atom. The van der Waals surface area contributed by atoms with Gasteiger partial charge < -0.3 is 4.74 Å². The number of carbonyl (C=O) groups is 1. The van der Waals surface area contributed by atoms with Gasteiger partial charge in [-0.05, 0) is 31.0 Å². The van der Waals surface area contributed by atoms with Crippen molar-refractivity contribution in [3.63, 3.8) is 0 Å². The summed E-state index contributed by atoms with van der Waals surface area (Å²) in [6.07, 6.45) is 2.92. The normalized spacial score (nSPS) is 9.50. The molecular weight excluding hydrogens is 226 g/mol. The lowest BCUT2D eigenvalue weighted by Crippen LogP contribution is -1.98. The lowest BCUT2D eigenvalue weighted by atomic mass is 10.2. The molecule has 0 bridgehead atoms. The van der Waals surface area contributed by atoms with Gasteiger partial charge in [0, 0.05) is 12.0 Å². The maximum atomic E-state index is 10.5. The molecule has 0 heterocycles. The molecule has 0 saturated carbocycles. The molecule has 84 valence electrons. The van der Waals surface area contributed by atoms with Crippen LogP contribution < -0.4 is 4.74 Å². The number of hydrogen-bond acceptors (Lipinski definition) is 3. The summed E-state index contributed by atoms with van der Waals surface area (Å²) in [4.78, 5) is 10.5. The van der Waals surface area contributed by atoms with E-state index in [1.807, 2.05) is 0 Å². The highest BCUT2D eigenvalue weighted by Gasteiger charge is 2.02. The van der Waals surface area contributed by atoms with Crippen molar-refractivity contribution < 1.29 is 9.53 Å². The molecule has 0 aromatic heterocycles. The molecular formula is C12H12ClNO2. The van der Waals surface area contributed by atoms with Crippen molar-refractivity contribution in [1.29, 1.82) is 5.26 Å². The van der Waals surface area contributed by atoms with Gasteiger partial charge in [0.25, 0.3) is 0 Å². The average molecular weight is 238 g/mol. The number of rotatable bonds is 6. The third-order valence-corrected chi connectivity index (χ3v) is 2.33. The highest BCUT2D eigenvalue weighted by molar-refractivity contribution is 6.32. The van der Waals surface area contributed by atoms with E-state index >= 15 is 0 Å². The monoisotopic (exact) mass is 237 g/mol. The fourth-order valence-electron chi connectivity index (χ4n) is 1.20. The number of benzene rings is 1. The maximum absolute atomic E-state index is 10.5. The summed E-state index contributed by atoms with van der Waals surface area (Å²) in [6, 6.07) is 6.97. The zero-order valence-corrected chi connectivity index (χ0v) is 9.54. The predicted octanol–water partition coefficient (Wildman–Crippen LogP) is 3.23. The van der Waals surface area contributed by atoms with Crippen molar-refractivity contribution in [1.82, 2.24) is 0 Å². The molecule has 0 spiro atoms. The van der Waals surface area contributed by atoms with Gasteiger partial charge in [0.15, 0.2) is 0 Å². The van der Waals surface area contributed by atoms with Gasteiger partial charge in [-0.1, -0.05) is 11.6 Å². The molecule has 0 atom stereocenters. The molecule has 0 saturated heterocycles. The Morgan fingerprint density at radius 1 is 1.44 bits per heavy atom. The lowest BCUT2D eigenvalue weighted by Gasteiger charge is -2.07. The zero-order valence-electron chi connectivity index (χ0n) is 8.78. The van der Waals surface area contributed by atoms with Crippen LogP contribution in [-0.4, -0.2) is 12.9 Å². The topological polar surface area (TPSA) is 50.1 Å². The first kappa shape index (κ1) is 12.5. The Morgan fingerprint density at radius 2 is 2.25 bits per heavy atom. The largest absolute Gasteiger partial charge is 0.492 e. The maximum Gasteiger partial charge on any atom is 0.150 e. The van der Waals surface area contributed by atoms with Gasteiger partial charge in [-0.3, -0.25) is 4.79 Å². The van der Waals surface area contributed by atoms with Crippen molar-refractivity contribution in [3.05, 3.63) is 28.8 Å². The molecule has 1 rings (SSSR count). The van der Waals surface area contributed by atoms with Gasteiger partial charge in [0.1, 0.15) is 12.0 Å². The van der Waals surface area contributed by atoms with Crippen molar-refractivity contribution in [2.24, 2.45) is 0 Å². The lowest BCUT2D eigenvalue weighted by molar-refractivity contribution is 0.112. The van der Waals surface area contributed by atoms with E-state index < -0.39 is 0 Å². The number of halogens is 1. The van der Waals surface area contributed by atoms with Gasteiger partial charge in [-0.25, -0.2) is 0 Å². The van der Waals surface area contributed by atoms with Crippen LogP contribution in [0.25, 0.3) is 0 Å². The van der Waals surface area contributed by atoms with E-state index in [-0.39, 0.29) is 0 Å². The van der Waals surface area contributed by atoms with E-state index in [1.54, 1.807) is 18.2 Å². The van der Waals surface area contributed by atoms with Crippen LogP contribution in [0.1, 0.15) is 29.6 Å². The molecule has 3 nitrogen and oxygen atoms in total. The Kier molecular flexibility index (Phi) is 5.38. The zero-order chi connectivity index (χ0) is 11.8. The minimum Gasteiger partial charge on any atom is -0.492 e.